The van der Waals surface area contributed by atoms with E-state index in [9.17, 15) is 4.79 Å². The molecule has 0 saturated heterocycles. The first-order chi connectivity index (χ1) is 16.7. The molecule has 2 atom stereocenters. The van der Waals surface area contributed by atoms with Gasteiger partial charge in [0.05, 0.1) is 24.4 Å². The van der Waals surface area contributed by atoms with E-state index in [-0.39, 0.29) is 17.8 Å². The second-order valence-electron chi connectivity index (χ2n) is 8.77. The van der Waals surface area contributed by atoms with Crippen LogP contribution in [0.4, 0.5) is 0 Å². The van der Waals surface area contributed by atoms with Gasteiger partial charge in [-0.2, -0.15) is 5.21 Å². The third-order valence-corrected chi connectivity index (χ3v) is 6.65. The molecule has 0 amide bonds. The zero-order chi connectivity index (χ0) is 23.5. The van der Waals surface area contributed by atoms with Crippen molar-refractivity contribution >= 4 is 0 Å². The van der Waals surface area contributed by atoms with Crippen LogP contribution in [0.25, 0.3) is 22.5 Å². The molecule has 0 radical (unpaired) electrons. The van der Waals surface area contributed by atoms with Crippen LogP contribution < -0.4 is 5.69 Å². The molecule has 34 heavy (non-hydrogen) atoms. The van der Waals surface area contributed by atoms with E-state index in [1.165, 1.54) is 0 Å². The maximum atomic E-state index is 13.4. The molecule has 0 bridgehead atoms. The molecular formula is C25H29N7O2. The summed E-state index contributed by atoms with van der Waals surface area (Å²) in [5, 5.41) is 14.3. The fourth-order valence-electron chi connectivity index (χ4n) is 4.58. The zero-order valence-corrected chi connectivity index (χ0v) is 19.5. The van der Waals surface area contributed by atoms with E-state index < -0.39 is 0 Å². The van der Waals surface area contributed by atoms with Gasteiger partial charge in [0.1, 0.15) is 0 Å². The molecule has 5 rings (SSSR count). The number of hydrogen-bond acceptors (Lipinski definition) is 6. The van der Waals surface area contributed by atoms with Gasteiger partial charge in [-0.05, 0) is 60.2 Å². The Hall–Kier alpha value is -3.59. The normalized spacial score (nSPS) is 17.6. The van der Waals surface area contributed by atoms with Crippen molar-refractivity contribution in [1.82, 2.24) is 34.7 Å². The lowest BCUT2D eigenvalue weighted by molar-refractivity contribution is -0.0105. The third-order valence-electron chi connectivity index (χ3n) is 6.65. The van der Waals surface area contributed by atoms with Crippen molar-refractivity contribution in [2.75, 3.05) is 7.11 Å². The van der Waals surface area contributed by atoms with E-state index in [0.717, 1.165) is 60.2 Å². The number of methoxy groups -OCH3 is 1. The Labute approximate surface area is 197 Å². The first-order valence-electron chi connectivity index (χ1n) is 11.8. The molecule has 0 spiro atoms. The van der Waals surface area contributed by atoms with Crippen molar-refractivity contribution in [2.24, 2.45) is 0 Å². The van der Waals surface area contributed by atoms with Crippen LogP contribution in [0, 0.1) is 0 Å². The highest BCUT2D eigenvalue weighted by Gasteiger charge is 2.34. The maximum Gasteiger partial charge on any atom is 0.329 e. The number of tetrazole rings is 1. The monoisotopic (exact) mass is 459 g/mol. The summed E-state index contributed by atoms with van der Waals surface area (Å²) < 4.78 is 9.32. The highest BCUT2D eigenvalue weighted by atomic mass is 16.5. The number of benzene rings is 1. The van der Waals surface area contributed by atoms with Gasteiger partial charge in [-0.3, -0.25) is 14.1 Å². The van der Waals surface area contributed by atoms with Gasteiger partial charge in [0, 0.05) is 30.8 Å². The fraction of sp³-hybridized carbons (Fsp3) is 0.400. The van der Waals surface area contributed by atoms with Crippen molar-refractivity contribution in [3.05, 3.63) is 70.7 Å². The van der Waals surface area contributed by atoms with E-state index >= 15 is 0 Å². The number of H-pyrrole nitrogens is 1. The van der Waals surface area contributed by atoms with E-state index in [0.29, 0.717) is 12.4 Å². The molecule has 9 nitrogen and oxygen atoms in total. The molecule has 4 aromatic rings. The molecule has 1 aliphatic rings. The molecule has 1 saturated carbocycles. The summed E-state index contributed by atoms with van der Waals surface area (Å²) in [4.78, 5) is 18.0. The summed E-state index contributed by atoms with van der Waals surface area (Å²) in [5.74, 6) is 0.551. The highest BCUT2D eigenvalue weighted by molar-refractivity contribution is 5.70. The average molecular weight is 460 g/mol. The Bertz CT molecular complexity index is 1310. The van der Waals surface area contributed by atoms with E-state index in [1.807, 2.05) is 51.7 Å². The molecule has 1 N–H and O–H groups in total. The van der Waals surface area contributed by atoms with Crippen molar-refractivity contribution in [1.29, 1.82) is 0 Å². The lowest BCUT2D eigenvalue weighted by Crippen LogP contribution is -2.40. The smallest absolute Gasteiger partial charge is 0.329 e. The van der Waals surface area contributed by atoms with Gasteiger partial charge in [0.25, 0.3) is 0 Å². The van der Waals surface area contributed by atoms with Crippen LogP contribution in [0.3, 0.4) is 0 Å². The lowest BCUT2D eigenvalue weighted by atomic mass is 9.89. The van der Waals surface area contributed by atoms with E-state index in [1.54, 1.807) is 13.3 Å². The van der Waals surface area contributed by atoms with Gasteiger partial charge >= 0.3 is 5.69 Å². The number of nitrogens with one attached hydrogen (secondary N) is 1. The van der Waals surface area contributed by atoms with Gasteiger partial charge in [-0.25, -0.2) is 4.79 Å². The summed E-state index contributed by atoms with van der Waals surface area (Å²) >= 11 is 0. The minimum atomic E-state index is 0.0177. The topological polar surface area (TPSA) is 104 Å². The molecule has 3 heterocycles. The fourth-order valence-corrected chi connectivity index (χ4v) is 4.58. The Morgan fingerprint density at radius 2 is 2.00 bits per heavy atom. The standard InChI is InChI=1S/C25H29N7O2/c1-3-4-8-21-16-32(22-9-10-23(22)34-2)25(33)31(21)15-20-14-18(11-12-26-20)17-6-5-7-19(13-17)24-27-29-30-28-24/h5-7,11-14,16,22-23H,3-4,8-10,15H2,1-2H3,(H,27,28,29,30). The Balaban J connectivity index is 1.45. The molecule has 1 fully saturated rings. The van der Waals surface area contributed by atoms with Crippen molar-refractivity contribution in [3.63, 3.8) is 0 Å². The number of aromatic amines is 1. The van der Waals surface area contributed by atoms with Gasteiger partial charge in [-0.15, -0.1) is 10.2 Å². The van der Waals surface area contributed by atoms with Crippen LogP contribution in [0.2, 0.25) is 0 Å². The molecule has 1 aromatic carbocycles. The number of rotatable bonds is 9. The van der Waals surface area contributed by atoms with Crippen LogP contribution in [0.1, 0.15) is 50.0 Å². The van der Waals surface area contributed by atoms with Gasteiger partial charge in [0.15, 0.2) is 0 Å². The maximum absolute atomic E-state index is 13.4. The number of aryl methyl sites for hydroxylation is 1. The number of hydrogen-bond donors (Lipinski definition) is 1. The van der Waals surface area contributed by atoms with Gasteiger partial charge in [0.2, 0.25) is 5.82 Å². The minimum Gasteiger partial charge on any atom is -0.379 e. The molecule has 3 aromatic heterocycles. The second-order valence-corrected chi connectivity index (χ2v) is 8.77. The number of pyridine rings is 1. The van der Waals surface area contributed by atoms with Crippen molar-refractivity contribution in [3.8, 4) is 22.5 Å². The largest absolute Gasteiger partial charge is 0.379 e. The highest BCUT2D eigenvalue weighted by Crippen LogP contribution is 2.34. The molecule has 176 valence electrons. The number of unbranched alkanes of at least 4 members (excludes halogenated alkanes) is 1. The first kappa shape index (κ1) is 22.2. The average Bonchev–Trinajstić information content (AvgIpc) is 3.48. The van der Waals surface area contributed by atoms with Gasteiger partial charge < -0.3 is 4.74 Å². The van der Waals surface area contributed by atoms with Gasteiger partial charge in [-0.1, -0.05) is 31.5 Å². The molecule has 0 aliphatic heterocycles. The van der Waals surface area contributed by atoms with Crippen LogP contribution in [0.5, 0.6) is 0 Å². The Kier molecular flexibility index (Phi) is 6.35. The minimum absolute atomic E-state index is 0.0177. The second kappa shape index (κ2) is 9.72. The molecular weight excluding hydrogens is 430 g/mol. The van der Waals surface area contributed by atoms with Crippen LogP contribution in [-0.2, 0) is 17.7 Å². The van der Waals surface area contributed by atoms with Crippen molar-refractivity contribution in [2.45, 2.75) is 57.7 Å². The zero-order valence-electron chi connectivity index (χ0n) is 19.5. The summed E-state index contributed by atoms with van der Waals surface area (Å²) in [6, 6.07) is 12.1. The number of aromatic nitrogens is 7. The number of nitrogens with zero attached hydrogens (tertiary/aromatic N) is 6. The van der Waals surface area contributed by atoms with E-state index in [4.69, 9.17) is 4.74 Å². The van der Waals surface area contributed by atoms with Crippen LogP contribution in [-0.4, -0.2) is 48.0 Å². The van der Waals surface area contributed by atoms with Crippen molar-refractivity contribution < 1.29 is 4.74 Å². The van der Waals surface area contributed by atoms with Crippen LogP contribution in [0.15, 0.2) is 53.6 Å². The number of ether oxygens (including phenoxy) is 1. The number of imidazole rings is 1. The Morgan fingerprint density at radius 3 is 2.74 bits per heavy atom. The van der Waals surface area contributed by atoms with Crippen LogP contribution >= 0.6 is 0 Å². The summed E-state index contributed by atoms with van der Waals surface area (Å²) in [6.45, 7) is 2.60. The molecule has 1 aliphatic carbocycles. The predicted octanol–water partition coefficient (Wildman–Crippen LogP) is 3.63. The van der Waals surface area contributed by atoms with E-state index in [2.05, 4.69) is 32.5 Å². The quantitative estimate of drug-likeness (QED) is 0.410. The third kappa shape index (κ3) is 4.31. The Morgan fingerprint density at radius 1 is 1.15 bits per heavy atom. The summed E-state index contributed by atoms with van der Waals surface area (Å²) in [5.41, 5.74) is 4.85. The SMILES string of the molecule is CCCCc1cn(C2CCC2OC)c(=O)n1Cc1cc(-c2cccc(-c3nn[nH]n3)c2)ccn1. The lowest BCUT2D eigenvalue weighted by Gasteiger charge is -2.35. The summed E-state index contributed by atoms with van der Waals surface area (Å²) in [7, 11) is 1.72. The summed E-state index contributed by atoms with van der Waals surface area (Å²) in [6.07, 6.45) is 8.90. The molecule has 2 unspecified atom stereocenters. The molecule has 9 heteroatoms. The first-order valence-corrected chi connectivity index (χ1v) is 11.8. The predicted molar refractivity (Wildman–Crippen MR) is 128 cm³/mol.